The number of furan rings is 1. The van der Waals surface area contributed by atoms with Gasteiger partial charge < -0.3 is 9.73 Å². The van der Waals surface area contributed by atoms with E-state index >= 15 is 0 Å². The molecule has 1 N–H and O–H groups in total. The molecule has 0 unspecified atom stereocenters. The summed E-state index contributed by atoms with van der Waals surface area (Å²) in [6.07, 6.45) is 1.63. The lowest BCUT2D eigenvalue weighted by Gasteiger charge is -2.12. The van der Waals surface area contributed by atoms with Crippen LogP contribution in [0.5, 0.6) is 0 Å². The van der Waals surface area contributed by atoms with E-state index in [4.69, 9.17) is 4.42 Å². The van der Waals surface area contributed by atoms with Crippen LogP contribution in [-0.2, 0) is 6.54 Å². The Labute approximate surface area is 108 Å². The summed E-state index contributed by atoms with van der Waals surface area (Å²) < 4.78 is 19.6. The van der Waals surface area contributed by atoms with Crippen molar-refractivity contribution in [1.82, 2.24) is 5.32 Å². The molecule has 0 spiro atoms. The molecule has 2 nitrogen and oxygen atoms in total. The first-order valence-electron chi connectivity index (χ1n) is 5.37. The molecule has 0 fully saturated rings. The number of benzene rings is 1. The number of rotatable bonds is 4. The highest BCUT2D eigenvalue weighted by atomic mass is 79.9. The van der Waals surface area contributed by atoms with Crippen molar-refractivity contribution in [2.75, 3.05) is 0 Å². The summed E-state index contributed by atoms with van der Waals surface area (Å²) in [5, 5.41) is 3.21. The zero-order valence-electron chi connectivity index (χ0n) is 9.41. The molecule has 0 bridgehead atoms. The largest absolute Gasteiger partial charge is 0.468 e. The van der Waals surface area contributed by atoms with E-state index in [0.717, 1.165) is 10.2 Å². The minimum atomic E-state index is -0.202. The summed E-state index contributed by atoms with van der Waals surface area (Å²) in [4.78, 5) is 0. The van der Waals surface area contributed by atoms with Gasteiger partial charge in [-0.15, -0.1) is 0 Å². The highest BCUT2D eigenvalue weighted by Crippen LogP contribution is 2.17. The monoisotopic (exact) mass is 297 g/mol. The molecule has 17 heavy (non-hydrogen) atoms. The van der Waals surface area contributed by atoms with Crippen LogP contribution in [0.1, 0.15) is 24.3 Å². The molecule has 1 atom stereocenters. The third-order valence-corrected chi connectivity index (χ3v) is 3.07. The Morgan fingerprint density at radius 3 is 2.94 bits per heavy atom. The molecular weight excluding hydrogens is 285 g/mol. The zero-order valence-corrected chi connectivity index (χ0v) is 11.0. The highest BCUT2D eigenvalue weighted by Gasteiger charge is 2.09. The van der Waals surface area contributed by atoms with Gasteiger partial charge in [-0.05, 0) is 37.3 Å². The standard InChI is InChI=1S/C13H13BrFNO/c1-9(13-3-2-6-17-13)16-8-10-7-11(14)4-5-12(10)15/h2-7,9,16H,8H2,1H3/t9-/m0/s1. The Hall–Kier alpha value is -1.13. The first-order valence-corrected chi connectivity index (χ1v) is 6.17. The summed E-state index contributed by atoms with van der Waals surface area (Å²) in [6.45, 7) is 2.45. The van der Waals surface area contributed by atoms with Crippen molar-refractivity contribution < 1.29 is 8.81 Å². The van der Waals surface area contributed by atoms with Gasteiger partial charge >= 0.3 is 0 Å². The minimum absolute atomic E-state index is 0.0587. The zero-order chi connectivity index (χ0) is 12.3. The van der Waals surface area contributed by atoms with Crippen LogP contribution in [0, 0.1) is 5.82 Å². The van der Waals surface area contributed by atoms with Crippen molar-refractivity contribution in [3.63, 3.8) is 0 Å². The average molecular weight is 298 g/mol. The Morgan fingerprint density at radius 2 is 2.24 bits per heavy atom. The number of nitrogens with one attached hydrogen (secondary N) is 1. The van der Waals surface area contributed by atoms with Crippen molar-refractivity contribution in [3.05, 3.63) is 58.2 Å². The summed E-state index contributed by atoms with van der Waals surface area (Å²) in [6, 6.07) is 8.72. The molecule has 1 aromatic carbocycles. The van der Waals surface area contributed by atoms with E-state index in [1.54, 1.807) is 18.4 Å². The summed E-state index contributed by atoms with van der Waals surface area (Å²) >= 11 is 3.33. The van der Waals surface area contributed by atoms with Gasteiger partial charge in [-0.2, -0.15) is 0 Å². The Morgan fingerprint density at radius 1 is 1.41 bits per heavy atom. The van der Waals surface area contributed by atoms with Gasteiger partial charge in [-0.1, -0.05) is 15.9 Å². The second kappa shape index (κ2) is 5.47. The molecule has 1 aromatic heterocycles. The Kier molecular flexibility index (Phi) is 3.97. The molecule has 1 heterocycles. The van der Waals surface area contributed by atoms with E-state index in [2.05, 4.69) is 21.2 Å². The first-order chi connectivity index (χ1) is 8.16. The number of hydrogen-bond donors (Lipinski definition) is 1. The van der Waals surface area contributed by atoms with E-state index in [-0.39, 0.29) is 11.9 Å². The van der Waals surface area contributed by atoms with E-state index in [1.165, 1.54) is 6.07 Å². The molecule has 0 aliphatic heterocycles. The van der Waals surface area contributed by atoms with Gasteiger partial charge in [0.05, 0.1) is 12.3 Å². The van der Waals surface area contributed by atoms with Crippen LogP contribution in [0.3, 0.4) is 0 Å². The van der Waals surface area contributed by atoms with Gasteiger partial charge in [-0.3, -0.25) is 0 Å². The van der Waals surface area contributed by atoms with Crippen LogP contribution < -0.4 is 5.32 Å². The maximum atomic E-state index is 13.5. The topological polar surface area (TPSA) is 25.2 Å². The lowest BCUT2D eigenvalue weighted by atomic mass is 10.2. The first kappa shape index (κ1) is 12.3. The molecule has 0 amide bonds. The fourth-order valence-electron chi connectivity index (χ4n) is 1.58. The third-order valence-electron chi connectivity index (χ3n) is 2.58. The molecule has 2 aromatic rings. The normalized spacial score (nSPS) is 12.6. The van der Waals surface area contributed by atoms with Crippen LogP contribution in [0.25, 0.3) is 0 Å². The van der Waals surface area contributed by atoms with Crippen LogP contribution in [0.4, 0.5) is 4.39 Å². The highest BCUT2D eigenvalue weighted by molar-refractivity contribution is 9.10. The molecule has 2 rings (SSSR count). The quantitative estimate of drug-likeness (QED) is 0.922. The molecular formula is C13H13BrFNO. The van der Waals surface area contributed by atoms with Gasteiger partial charge in [0, 0.05) is 16.6 Å². The minimum Gasteiger partial charge on any atom is -0.468 e. The molecule has 0 aliphatic carbocycles. The van der Waals surface area contributed by atoms with E-state index in [9.17, 15) is 4.39 Å². The summed E-state index contributed by atoms with van der Waals surface area (Å²) in [5.74, 6) is 0.646. The molecule has 0 aliphatic rings. The molecule has 0 saturated heterocycles. The van der Waals surface area contributed by atoms with Gasteiger partial charge in [-0.25, -0.2) is 4.39 Å². The fourth-order valence-corrected chi connectivity index (χ4v) is 1.99. The molecule has 90 valence electrons. The van der Waals surface area contributed by atoms with Crippen molar-refractivity contribution >= 4 is 15.9 Å². The lowest BCUT2D eigenvalue weighted by Crippen LogP contribution is -2.18. The SMILES string of the molecule is C[C@H](NCc1cc(Br)ccc1F)c1ccco1. The second-order valence-electron chi connectivity index (χ2n) is 3.85. The predicted octanol–water partition coefficient (Wildman–Crippen LogP) is 4.03. The number of hydrogen-bond acceptors (Lipinski definition) is 2. The van der Waals surface area contributed by atoms with Crippen molar-refractivity contribution in [2.45, 2.75) is 19.5 Å². The Bertz CT molecular complexity index is 484. The van der Waals surface area contributed by atoms with E-state index in [0.29, 0.717) is 12.1 Å². The molecule has 4 heteroatoms. The second-order valence-corrected chi connectivity index (χ2v) is 4.77. The Balaban J connectivity index is 2.00. The van der Waals surface area contributed by atoms with E-state index < -0.39 is 0 Å². The van der Waals surface area contributed by atoms with Crippen LogP contribution in [0.2, 0.25) is 0 Å². The lowest BCUT2D eigenvalue weighted by molar-refractivity contribution is 0.427. The average Bonchev–Trinajstić information content (AvgIpc) is 2.83. The maximum absolute atomic E-state index is 13.5. The molecule has 0 radical (unpaired) electrons. The third kappa shape index (κ3) is 3.17. The van der Waals surface area contributed by atoms with Crippen LogP contribution >= 0.6 is 15.9 Å². The van der Waals surface area contributed by atoms with E-state index in [1.807, 2.05) is 19.1 Å². The summed E-state index contributed by atoms with van der Waals surface area (Å²) in [5.41, 5.74) is 0.637. The van der Waals surface area contributed by atoms with Crippen LogP contribution in [0.15, 0.2) is 45.5 Å². The van der Waals surface area contributed by atoms with Crippen molar-refractivity contribution in [2.24, 2.45) is 0 Å². The van der Waals surface area contributed by atoms with Crippen molar-refractivity contribution in [1.29, 1.82) is 0 Å². The fraction of sp³-hybridized carbons (Fsp3) is 0.231. The van der Waals surface area contributed by atoms with Gasteiger partial charge in [0.25, 0.3) is 0 Å². The maximum Gasteiger partial charge on any atom is 0.127 e. The summed E-state index contributed by atoms with van der Waals surface area (Å²) in [7, 11) is 0. The van der Waals surface area contributed by atoms with Gasteiger partial charge in [0.1, 0.15) is 11.6 Å². The smallest absolute Gasteiger partial charge is 0.127 e. The predicted molar refractivity (Wildman–Crippen MR) is 68.1 cm³/mol. The van der Waals surface area contributed by atoms with Gasteiger partial charge in [0.2, 0.25) is 0 Å². The van der Waals surface area contributed by atoms with Gasteiger partial charge in [0.15, 0.2) is 0 Å². The molecule has 0 saturated carbocycles. The van der Waals surface area contributed by atoms with Crippen molar-refractivity contribution in [3.8, 4) is 0 Å². The van der Waals surface area contributed by atoms with Crippen LogP contribution in [-0.4, -0.2) is 0 Å². The number of halogens is 2.